The van der Waals surface area contributed by atoms with Crippen molar-refractivity contribution in [2.24, 2.45) is 11.8 Å². The molecule has 2 aliphatic carbocycles. The van der Waals surface area contributed by atoms with E-state index in [2.05, 4.69) is 36.5 Å². The third-order valence-electron chi connectivity index (χ3n) is 5.07. The number of rotatable bonds is 5. The molecule has 0 radical (unpaired) electrons. The van der Waals surface area contributed by atoms with Crippen molar-refractivity contribution in [1.29, 1.82) is 0 Å². The largest absolute Gasteiger partial charge is 0.497 e. The fourth-order valence-electron chi connectivity index (χ4n) is 3.54. The Hall–Kier alpha value is -1.02. The third kappa shape index (κ3) is 3.17. The van der Waals surface area contributed by atoms with Crippen molar-refractivity contribution >= 4 is 0 Å². The SMILES string of the molecule is COc1ccc(C(NC2CCCCC2C)C2CC2)cc1. The minimum Gasteiger partial charge on any atom is -0.497 e. The first-order valence-electron chi connectivity index (χ1n) is 8.18. The van der Waals surface area contributed by atoms with Crippen LogP contribution in [-0.4, -0.2) is 13.2 Å². The van der Waals surface area contributed by atoms with Crippen LogP contribution < -0.4 is 10.1 Å². The van der Waals surface area contributed by atoms with Gasteiger partial charge in [0.1, 0.15) is 5.75 Å². The molecule has 2 nitrogen and oxygen atoms in total. The summed E-state index contributed by atoms with van der Waals surface area (Å²) in [5.74, 6) is 2.62. The highest BCUT2D eigenvalue weighted by Gasteiger charge is 2.35. The molecular weight excluding hydrogens is 246 g/mol. The molecule has 3 unspecified atom stereocenters. The summed E-state index contributed by atoms with van der Waals surface area (Å²) in [5, 5.41) is 3.98. The van der Waals surface area contributed by atoms with E-state index in [0.29, 0.717) is 12.1 Å². The summed E-state index contributed by atoms with van der Waals surface area (Å²) in [6.07, 6.45) is 8.30. The highest BCUT2D eigenvalue weighted by molar-refractivity contribution is 5.30. The van der Waals surface area contributed by atoms with Crippen molar-refractivity contribution in [2.75, 3.05) is 7.11 Å². The van der Waals surface area contributed by atoms with Crippen molar-refractivity contribution in [3.8, 4) is 5.75 Å². The second-order valence-corrected chi connectivity index (χ2v) is 6.62. The minimum absolute atomic E-state index is 0.548. The van der Waals surface area contributed by atoms with E-state index >= 15 is 0 Å². The molecule has 3 atom stereocenters. The first-order valence-corrected chi connectivity index (χ1v) is 8.18. The molecule has 2 heteroatoms. The van der Waals surface area contributed by atoms with Gasteiger partial charge in [-0.1, -0.05) is 31.9 Å². The molecule has 0 amide bonds. The van der Waals surface area contributed by atoms with Gasteiger partial charge in [-0.3, -0.25) is 0 Å². The Labute approximate surface area is 122 Å². The van der Waals surface area contributed by atoms with E-state index in [1.807, 2.05) is 0 Å². The smallest absolute Gasteiger partial charge is 0.118 e. The maximum atomic E-state index is 5.27. The van der Waals surface area contributed by atoms with Gasteiger partial charge in [0.05, 0.1) is 7.11 Å². The van der Waals surface area contributed by atoms with Gasteiger partial charge in [-0.25, -0.2) is 0 Å². The van der Waals surface area contributed by atoms with E-state index < -0.39 is 0 Å². The molecule has 0 saturated heterocycles. The third-order valence-corrected chi connectivity index (χ3v) is 5.07. The normalized spacial score (nSPS) is 28.1. The molecule has 20 heavy (non-hydrogen) atoms. The summed E-state index contributed by atoms with van der Waals surface area (Å²) >= 11 is 0. The molecule has 1 N–H and O–H groups in total. The summed E-state index contributed by atoms with van der Waals surface area (Å²) in [5.41, 5.74) is 1.44. The van der Waals surface area contributed by atoms with Gasteiger partial charge in [0.2, 0.25) is 0 Å². The number of methoxy groups -OCH3 is 1. The van der Waals surface area contributed by atoms with Crippen LogP contribution in [0.2, 0.25) is 0 Å². The van der Waals surface area contributed by atoms with Gasteiger partial charge < -0.3 is 10.1 Å². The molecule has 1 aromatic rings. The topological polar surface area (TPSA) is 21.3 Å². The quantitative estimate of drug-likeness (QED) is 0.863. The van der Waals surface area contributed by atoms with Gasteiger partial charge in [0.15, 0.2) is 0 Å². The van der Waals surface area contributed by atoms with E-state index in [1.165, 1.54) is 44.1 Å². The van der Waals surface area contributed by atoms with Gasteiger partial charge in [-0.15, -0.1) is 0 Å². The Bertz CT molecular complexity index is 424. The molecule has 110 valence electrons. The average Bonchev–Trinajstić information content (AvgIpc) is 3.31. The molecule has 0 aliphatic heterocycles. The van der Waals surface area contributed by atoms with Crippen LogP contribution in [0, 0.1) is 11.8 Å². The summed E-state index contributed by atoms with van der Waals surface area (Å²) in [6, 6.07) is 9.92. The lowest BCUT2D eigenvalue weighted by molar-refractivity contribution is 0.250. The van der Waals surface area contributed by atoms with Gasteiger partial charge in [0, 0.05) is 12.1 Å². The van der Waals surface area contributed by atoms with Crippen LogP contribution in [0.3, 0.4) is 0 Å². The second-order valence-electron chi connectivity index (χ2n) is 6.62. The number of benzene rings is 1. The Balaban J connectivity index is 1.71. The Morgan fingerprint density at radius 3 is 2.35 bits per heavy atom. The molecule has 2 aliphatic rings. The fourth-order valence-corrected chi connectivity index (χ4v) is 3.54. The average molecular weight is 273 g/mol. The fraction of sp³-hybridized carbons (Fsp3) is 0.667. The molecule has 1 aromatic carbocycles. The number of hydrogen-bond donors (Lipinski definition) is 1. The molecule has 2 saturated carbocycles. The van der Waals surface area contributed by atoms with Crippen LogP contribution in [0.25, 0.3) is 0 Å². The molecule has 0 heterocycles. The molecule has 0 bridgehead atoms. The zero-order valence-corrected chi connectivity index (χ0v) is 12.8. The van der Waals surface area contributed by atoms with E-state index in [4.69, 9.17) is 4.74 Å². The standard InChI is InChI=1S/C18H27NO/c1-13-5-3-4-6-17(13)19-18(14-7-8-14)15-9-11-16(20-2)12-10-15/h9-14,17-19H,3-8H2,1-2H3. The van der Waals surface area contributed by atoms with E-state index in [0.717, 1.165) is 17.6 Å². The van der Waals surface area contributed by atoms with Crippen LogP contribution >= 0.6 is 0 Å². The van der Waals surface area contributed by atoms with Gasteiger partial charge in [0.25, 0.3) is 0 Å². The van der Waals surface area contributed by atoms with E-state index in [9.17, 15) is 0 Å². The highest BCUT2D eigenvalue weighted by atomic mass is 16.5. The van der Waals surface area contributed by atoms with Crippen molar-refractivity contribution in [3.63, 3.8) is 0 Å². The second kappa shape index (κ2) is 6.17. The Morgan fingerprint density at radius 1 is 1.05 bits per heavy atom. The van der Waals surface area contributed by atoms with Gasteiger partial charge in [-0.2, -0.15) is 0 Å². The van der Waals surface area contributed by atoms with Crippen LogP contribution in [0.1, 0.15) is 57.1 Å². The first-order chi connectivity index (χ1) is 9.78. The predicted octanol–water partition coefficient (Wildman–Crippen LogP) is 4.31. The van der Waals surface area contributed by atoms with Crippen LogP contribution in [-0.2, 0) is 0 Å². The summed E-state index contributed by atoms with van der Waals surface area (Å²) in [6.45, 7) is 2.41. The maximum absolute atomic E-state index is 5.27. The Kier molecular flexibility index (Phi) is 4.30. The van der Waals surface area contributed by atoms with Crippen molar-refractivity contribution in [3.05, 3.63) is 29.8 Å². The lowest BCUT2D eigenvalue weighted by atomic mass is 9.85. The van der Waals surface area contributed by atoms with E-state index in [1.54, 1.807) is 7.11 Å². The monoisotopic (exact) mass is 273 g/mol. The van der Waals surface area contributed by atoms with Gasteiger partial charge >= 0.3 is 0 Å². The molecule has 0 spiro atoms. The maximum Gasteiger partial charge on any atom is 0.118 e. The van der Waals surface area contributed by atoms with E-state index in [-0.39, 0.29) is 0 Å². The number of ether oxygens (including phenoxy) is 1. The summed E-state index contributed by atoms with van der Waals surface area (Å²) < 4.78 is 5.27. The van der Waals surface area contributed by atoms with Crippen LogP contribution in [0.15, 0.2) is 24.3 Å². The highest BCUT2D eigenvalue weighted by Crippen LogP contribution is 2.42. The first kappa shape index (κ1) is 13.9. The summed E-state index contributed by atoms with van der Waals surface area (Å²) in [4.78, 5) is 0. The molecule has 2 fully saturated rings. The summed E-state index contributed by atoms with van der Waals surface area (Å²) in [7, 11) is 1.73. The predicted molar refractivity (Wildman–Crippen MR) is 83.0 cm³/mol. The lowest BCUT2D eigenvalue weighted by Crippen LogP contribution is -2.40. The molecular formula is C18H27NO. The van der Waals surface area contributed by atoms with Crippen LogP contribution in [0.4, 0.5) is 0 Å². The van der Waals surface area contributed by atoms with Gasteiger partial charge in [-0.05, 0) is 55.2 Å². The Morgan fingerprint density at radius 2 is 1.75 bits per heavy atom. The minimum atomic E-state index is 0.548. The number of nitrogens with one attached hydrogen (secondary N) is 1. The lowest BCUT2D eigenvalue weighted by Gasteiger charge is -2.33. The molecule has 3 rings (SSSR count). The van der Waals surface area contributed by atoms with Crippen molar-refractivity contribution in [1.82, 2.24) is 5.32 Å². The van der Waals surface area contributed by atoms with Crippen LogP contribution in [0.5, 0.6) is 5.75 Å². The number of hydrogen-bond acceptors (Lipinski definition) is 2. The molecule has 0 aromatic heterocycles. The van der Waals surface area contributed by atoms with Crippen molar-refractivity contribution in [2.45, 2.75) is 57.5 Å². The van der Waals surface area contributed by atoms with Crippen molar-refractivity contribution < 1.29 is 4.74 Å². The zero-order chi connectivity index (χ0) is 13.9. The zero-order valence-electron chi connectivity index (χ0n) is 12.8.